The number of hydrogen-bond donors (Lipinski definition) is 2. The van der Waals surface area contributed by atoms with E-state index in [1.54, 1.807) is 11.3 Å². The fourth-order valence-corrected chi connectivity index (χ4v) is 5.86. The van der Waals surface area contributed by atoms with E-state index in [0.29, 0.717) is 18.3 Å². The molecule has 2 N–H and O–H groups in total. The van der Waals surface area contributed by atoms with Crippen LogP contribution in [0.4, 0.5) is 0 Å². The predicted molar refractivity (Wildman–Crippen MR) is 143 cm³/mol. The Kier molecular flexibility index (Phi) is 6.07. The van der Waals surface area contributed by atoms with Crippen LogP contribution in [-0.4, -0.2) is 31.0 Å². The van der Waals surface area contributed by atoms with Crippen molar-refractivity contribution in [3.8, 4) is 33.1 Å². The van der Waals surface area contributed by atoms with Crippen molar-refractivity contribution in [3.05, 3.63) is 78.1 Å². The maximum Gasteiger partial charge on any atom is 0.303 e. The summed E-state index contributed by atoms with van der Waals surface area (Å²) < 4.78 is 0. The predicted octanol–water partition coefficient (Wildman–Crippen LogP) is 7.16. The number of aliphatic carboxylic acids is 1. The largest absolute Gasteiger partial charge is 0.481 e. The number of nitrogens with one attached hydrogen (secondary N) is 1. The number of nitrogens with zero attached hydrogens (tertiary/aromatic N) is 3. The highest BCUT2D eigenvalue weighted by Crippen LogP contribution is 2.37. The van der Waals surface area contributed by atoms with E-state index in [9.17, 15) is 4.79 Å². The Hall–Kier alpha value is -3.84. The zero-order valence-electron chi connectivity index (χ0n) is 19.7. The standard InChI is InChI=1S/C29H26N4O2S/c34-28(35)13-18-1-3-19(4-2-18)20-5-7-21(8-6-20)24-11-10-23(15-31-24)29-32-25-12-9-22(14-26(25)33-29)27-16-30-17-36-27/h5-12,14-19H,1-4,13H2,(H,32,33)(H,34,35). The second-order valence-corrected chi connectivity index (χ2v) is 10.4. The number of carbonyl (C=O) groups is 1. The molecule has 180 valence electrons. The first kappa shape index (κ1) is 22.6. The third-order valence-electron chi connectivity index (χ3n) is 7.22. The molecule has 3 heterocycles. The van der Waals surface area contributed by atoms with Gasteiger partial charge in [0, 0.05) is 29.9 Å². The van der Waals surface area contributed by atoms with E-state index in [1.165, 1.54) is 5.56 Å². The first-order valence-corrected chi connectivity index (χ1v) is 13.2. The number of carboxylic acid groups (broad SMARTS) is 1. The second-order valence-electron chi connectivity index (χ2n) is 9.55. The van der Waals surface area contributed by atoms with Crippen LogP contribution in [0.5, 0.6) is 0 Å². The van der Waals surface area contributed by atoms with Gasteiger partial charge in [0.05, 0.1) is 27.1 Å². The molecule has 0 amide bonds. The number of carboxylic acids is 1. The normalized spacial score (nSPS) is 17.9. The summed E-state index contributed by atoms with van der Waals surface area (Å²) in [6.07, 6.45) is 8.17. The van der Waals surface area contributed by atoms with Gasteiger partial charge in [-0.3, -0.25) is 14.8 Å². The molecular formula is C29H26N4O2S. The van der Waals surface area contributed by atoms with Crippen LogP contribution in [0, 0.1) is 5.92 Å². The summed E-state index contributed by atoms with van der Waals surface area (Å²) in [4.78, 5) is 29.2. The van der Waals surface area contributed by atoms with Crippen LogP contribution in [0.1, 0.15) is 43.6 Å². The van der Waals surface area contributed by atoms with Gasteiger partial charge in [0.25, 0.3) is 0 Å². The van der Waals surface area contributed by atoms with E-state index in [4.69, 9.17) is 15.1 Å². The molecule has 36 heavy (non-hydrogen) atoms. The van der Waals surface area contributed by atoms with Crippen molar-refractivity contribution in [1.82, 2.24) is 19.9 Å². The summed E-state index contributed by atoms with van der Waals surface area (Å²) in [7, 11) is 0. The van der Waals surface area contributed by atoms with Crippen molar-refractivity contribution in [3.63, 3.8) is 0 Å². The maximum absolute atomic E-state index is 11.0. The van der Waals surface area contributed by atoms with E-state index in [0.717, 1.165) is 69.8 Å². The van der Waals surface area contributed by atoms with Crippen molar-refractivity contribution >= 4 is 28.3 Å². The SMILES string of the molecule is O=C(O)CC1CCC(c2ccc(-c3ccc(-c4nc5ccc(-c6cncs6)cc5[nH]4)cn3)cc2)CC1. The molecule has 1 fully saturated rings. The molecule has 1 aliphatic rings. The van der Waals surface area contributed by atoms with Crippen LogP contribution in [0.15, 0.2) is 72.5 Å². The number of aromatic amines is 1. The Balaban J connectivity index is 1.15. The van der Waals surface area contributed by atoms with Gasteiger partial charge in [0.15, 0.2) is 0 Å². The average Bonchev–Trinajstić information content (AvgIpc) is 3.59. The van der Waals surface area contributed by atoms with Gasteiger partial charge in [-0.25, -0.2) is 4.98 Å². The maximum atomic E-state index is 11.0. The number of pyridine rings is 1. The number of imidazole rings is 1. The molecule has 0 saturated heterocycles. The summed E-state index contributed by atoms with van der Waals surface area (Å²) in [6.45, 7) is 0. The topological polar surface area (TPSA) is 91.8 Å². The third-order valence-corrected chi connectivity index (χ3v) is 8.05. The lowest BCUT2D eigenvalue weighted by atomic mass is 9.77. The van der Waals surface area contributed by atoms with Crippen LogP contribution >= 0.6 is 11.3 Å². The number of aromatic nitrogens is 4. The molecule has 0 aliphatic heterocycles. The number of rotatable bonds is 6. The van der Waals surface area contributed by atoms with Crippen molar-refractivity contribution in [2.75, 3.05) is 0 Å². The van der Waals surface area contributed by atoms with Gasteiger partial charge in [-0.1, -0.05) is 30.3 Å². The van der Waals surface area contributed by atoms with Crippen molar-refractivity contribution in [2.45, 2.75) is 38.0 Å². The zero-order chi connectivity index (χ0) is 24.5. The van der Waals surface area contributed by atoms with Crippen molar-refractivity contribution in [2.24, 2.45) is 5.92 Å². The van der Waals surface area contributed by atoms with Crippen molar-refractivity contribution < 1.29 is 9.90 Å². The van der Waals surface area contributed by atoms with Crippen LogP contribution < -0.4 is 0 Å². The Morgan fingerprint density at radius 2 is 1.72 bits per heavy atom. The quantitative estimate of drug-likeness (QED) is 0.261. The lowest BCUT2D eigenvalue weighted by molar-refractivity contribution is -0.138. The van der Waals surface area contributed by atoms with Gasteiger partial charge in [-0.05, 0) is 72.9 Å². The molecule has 0 atom stereocenters. The van der Waals surface area contributed by atoms with Crippen LogP contribution in [0.3, 0.4) is 0 Å². The molecule has 0 radical (unpaired) electrons. The minimum absolute atomic E-state index is 0.301. The van der Waals surface area contributed by atoms with Gasteiger partial charge in [-0.2, -0.15) is 0 Å². The molecule has 3 aromatic heterocycles. The fourth-order valence-electron chi connectivity index (χ4n) is 5.24. The molecular weight excluding hydrogens is 468 g/mol. The summed E-state index contributed by atoms with van der Waals surface area (Å²) in [5, 5.41) is 9.03. The number of fused-ring (bicyclic) bond motifs is 1. The van der Waals surface area contributed by atoms with E-state index >= 15 is 0 Å². The minimum Gasteiger partial charge on any atom is -0.481 e. The molecule has 6 rings (SSSR count). The highest BCUT2D eigenvalue weighted by molar-refractivity contribution is 7.13. The van der Waals surface area contributed by atoms with Gasteiger partial charge in [0.1, 0.15) is 5.82 Å². The van der Waals surface area contributed by atoms with E-state index in [-0.39, 0.29) is 0 Å². The summed E-state index contributed by atoms with van der Waals surface area (Å²) in [5.41, 5.74) is 9.19. The summed E-state index contributed by atoms with van der Waals surface area (Å²) in [6, 6.07) is 19.0. The fraction of sp³-hybridized carbons (Fsp3) is 0.241. The molecule has 5 aromatic rings. The lowest BCUT2D eigenvalue weighted by Gasteiger charge is -2.28. The smallest absolute Gasteiger partial charge is 0.303 e. The third kappa shape index (κ3) is 4.66. The van der Waals surface area contributed by atoms with Crippen LogP contribution in [0.2, 0.25) is 0 Å². The van der Waals surface area contributed by atoms with Crippen LogP contribution in [-0.2, 0) is 4.79 Å². The molecule has 0 spiro atoms. The van der Waals surface area contributed by atoms with E-state index in [2.05, 4.69) is 52.4 Å². The van der Waals surface area contributed by atoms with E-state index < -0.39 is 5.97 Å². The number of H-pyrrole nitrogens is 1. The zero-order valence-corrected chi connectivity index (χ0v) is 20.5. The molecule has 2 aromatic carbocycles. The Labute approximate surface area is 213 Å². The second kappa shape index (κ2) is 9.66. The summed E-state index contributed by atoms with van der Waals surface area (Å²) in [5.74, 6) is 0.971. The molecule has 6 nitrogen and oxygen atoms in total. The number of thiazole rings is 1. The minimum atomic E-state index is -0.678. The Morgan fingerprint density at radius 1 is 0.944 bits per heavy atom. The van der Waals surface area contributed by atoms with Crippen molar-refractivity contribution in [1.29, 1.82) is 0 Å². The molecule has 7 heteroatoms. The molecule has 1 saturated carbocycles. The number of hydrogen-bond acceptors (Lipinski definition) is 5. The monoisotopic (exact) mass is 494 g/mol. The molecule has 0 unspecified atom stereocenters. The first-order valence-electron chi connectivity index (χ1n) is 12.3. The van der Waals surface area contributed by atoms with Gasteiger partial charge in [-0.15, -0.1) is 11.3 Å². The summed E-state index contributed by atoms with van der Waals surface area (Å²) >= 11 is 1.62. The number of benzene rings is 2. The Morgan fingerprint density at radius 3 is 2.42 bits per heavy atom. The highest BCUT2D eigenvalue weighted by Gasteiger charge is 2.24. The highest BCUT2D eigenvalue weighted by atomic mass is 32.1. The van der Waals surface area contributed by atoms with Gasteiger partial charge >= 0.3 is 5.97 Å². The van der Waals surface area contributed by atoms with Gasteiger partial charge < -0.3 is 10.1 Å². The van der Waals surface area contributed by atoms with E-state index in [1.807, 2.05) is 30.0 Å². The van der Waals surface area contributed by atoms with Gasteiger partial charge in [0.2, 0.25) is 0 Å². The first-order chi connectivity index (χ1) is 17.6. The Bertz CT molecular complexity index is 1480. The molecule has 1 aliphatic carbocycles. The van der Waals surface area contributed by atoms with Crippen LogP contribution in [0.25, 0.3) is 44.1 Å². The molecule has 0 bridgehead atoms. The lowest BCUT2D eigenvalue weighted by Crippen LogP contribution is -2.16. The average molecular weight is 495 g/mol.